The molecule has 610 valence electrons. The number of fused-ring (bicyclic) bond motifs is 10. The van der Waals surface area contributed by atoms with E-state index < -0.39 is 102 Å². The van der Waals surface area contributed by atoms with Gasteiger partial charge in [0, 0.05) is 198 Å². The first-order valence-electron chi connectivity index (χ1n) is 36.3. The van der Waals surface area contributed by atoms with E-state index in [1.165, 1.54) is 34.5 Å². The summed E-state index contributed by atoms with van der Waals surface area (Å²) in [7, 11) is 1.53. The number of aliphatic hydroxyl groups is 5. The summed E-state index contributed by atoms with van der Waals surface area (Å²) in [4.78, 5) is 3.26. The smallest absolute Gasteiger partial charge is 0.261 e. The largest absolute Gasteiger partial charge is 0.541 e. The third kappa shape index (κ3) is 21.0. The first-order valence-corrected chi connectivity index (χ1v) is 41.8. The molecule has 10 bridgehead atoms. The zero-order chi connectivity index (χ0) is 76.4. The molecule has 0 radical (unpaired) electrons. The first-order chi connectivity index (χ1) is 50.9. The van der Waals surface area contributed by atoms with Crippen LogP contribution in [0.25, 0.3) is 4.85 Å². The van der Waals surface area contributed by atoms with Crippen molar-refractivity contribution in [1.29, 1.82) is 0 Å². The molecule has 21 atom stereocenters. The van der Waals surface area contributed by atoms with E-state index in [0.29, 0.717) is 46.2 Å². The molecule has 14 rings (SSSR count). The van der Waals surface area contributed by atoms with Gasteiger partial charge in [-0.15, -0.1) is 0 Å². The standard InChI is InChI=1S/2C24H31O5Si.C13H21NO5P.C9H15O4.C8H13O5.5U/c2*1-23(2,3)30(18-11-7-5-8-12-18,19-13-9-6-10-14-19)28-17-24-21(16-26-4)29-20(15-27-24)22(24)25;1-5-13-11(9-15-3)18-10(8-16-13)12(13)19-20(4)17-7-6-14-2;1-3-9-7(5-11-2)13-6(4-12-9)8(9)10;1-11-3-6-8(4-9)7(10)5(13-6)2-12-8;;;;;/h2*5-15,20-22,25H,16-17H2,1-4H3;8,10-12H,5-7,9H2,1,3-4H3;4,6-8,10H,3,5H2,1-2H3;2,5-7,9-10H,3-4H2,1H3;;;;;/q5*-1;;;;;/t20-,21+,22-,24-;20-,21-,22-,24-;10-,11+,12-,13-,20?;6-,7+,8-,9-;5-,6+,7-,8-;;;;;/m00000...../s1. The van der Waals surface area contributed by atoms with Gasteiger partial charge in [-0.2, -0.15) is 33.0 Å². The van der Waals surface area contributed by atoms with E-state index >= 15 is 0 Å². The molecular formula is C78H111NO24PSi2U5-5. The number of nitrogens with zero attached hydrogens (tertiary/aromatic N) is 1. The normalized spacial score (nSPS) is 33.6. The van der Waals surface area contributed by atoms with Crippen molar-refractivity contribution in [1.82, 2.24) is 0 Å². The minimum Gasteiger partial charge on any atom is -0.541 e. The number of methoxy groups -OCH3 is 5. The van der Waals surface area contributed by atoms with Gasteiger partial charge in [-0.3, -0.25) is 0 Å². The molecule has 10 saturated heterocycles. The second kappa shape index (κ2) is 45.8. The average molecular weight is 2720 g/mol. The number of benzene rings is 4. The van der Waals surface area contributed by atoms with E-state index in [4.69, 9.17) is 95.5 Å². The predicted octanol–water partition coefficient (Wildman–Crippen LogP) is 5.33. The van der Waals surface area contributed by atoms with Crippen LogP contribution >= 0.6 is 8.38 Å². The summed E-state index contributed by atoms with van der Waals surface area (Å²) >= 11 is 0. The van der Waals surface area contributed by atoms with Crippen LogP contribution in [0.4, 0.5) is 0 Å². The van der Waals surface area contributed by atoms with Crippen molar-refractivity contribution in [2.24, 2.45) is 0 Å². The molecule has 0 amide bonds. The van der Waals surface area contributed by atoms with Gasteiger partial charge in [0.15, 0.2) is 8.38 Å². The second-order valence-corrected chi connectivity index (χ2v) is 40.0. The summed E-state index contributed by atoms with van der Waals surface area (Å²) in [5, 5.41) is 55.0. The van der Waals surface area contributed by atoms with Crippen molar-refractivity contribution in [2.45, 2.75) is 198 Å². The maximum absolute atomic E-state index is 10.9. The first kappa shape index (κ1) is 103. The molecular weight excluding hydrogens is 2610 g/mol. The topological polar surface area (TPSA) is 281 Å². The van der Waals surface area contributed by atoms with Crippen LogP contribution in [0.15, 0.2) is 121 Å². The fraction of sp³-hybridized carbons (Fsp3) is 0.615. The number of hydrogen-bond donors (Lipinski definition) is 5. The molecule has 10 fully saturated rings. The number of hydrogen-bond acceptors (Lipinski definition) is 24. The van der Waals surface area contributed by atoms with Crippen molar-refractivity contribution < 1.29 is 270 Å². The van der Waals surface area contributed by atoms with Crippen LogP contribution in [-0.2, 0) is 89.0 Å². The van der Waals surface area contributed by atoms with Gasteiger partial charge in [0.05, 0.1) is 94.6 Å². The molecule has 10 aliphatic heterocycles. The van der Waals surface area contributed by atoms with Crippen LogP contribution in [0.5, 0.6) is 0 Å². The third-order valence-electron chi connectivity index (χ3n) is 22.0. The number of rotatable bonds is 28. The Balaban J connectivity index is 0.000000255. The Kier molecular flexibility index (Phi) is 42.5. The fourth-order valence-corrected chi connectivity index (χ4v) is 26.5. The molecule has 10 aliphatic rings. The van der Waals surface area contributed by atoms with Crippen molar-refractivity contribution in [3.05, 3.63) is 166 Å². The van der Waals surface area contributed by atoms with E-state index in [-0.39, 0.29) is 228 Å². The summed E-state index contributed by atoms with van der Waals surface area (Å²) in [5.74, 6) is 0. The Labute approximate surface area is 778 Å². The van der Waals surface area contributed by atoms with Gasteiger partial charge in [-0.25, -0.2) is 6.57 Å². The minimum absolute atomic E-state index is 0. The molecule has 0 aliphatic carbocycles. The molecule has 0 spiro atoms. The van der Waals surface area contributed by atoms with E-state index in [9.17, 15) is 25.5 Å². The van der Waals surface area contributed by atoms with E-state index in [2.05, 4.69) is 150 Å². The van der Waals surface area contributed by atoms with E-state index in [1.54, 1.807) is 54.9 Å². The Morgan fingerprint density at radius 3 is 0.991 bits per heavy atom. The Bertz CT molecular complexity index is 3130. The van der Waals surface area contributed by atoms with Crippen LogP contribution in [0.1, 0.15) is 68.2 Å². The van der Waals surface area contributed by atoms with Crippen LogP contribution < -0.4 is 20.7 Å². The van der Waals surface area contributed by atoms with Crippen LogP contribution in [0.2, 0.25) is 10.1 Å². The summed E-state index contributed by atoms with van der Waals surface area (Å²) in [6.07, 6.45) is -4.78. The Hall–Kier alpha value is 1.53. The predicted molar refractivity (Wildman–Crippen MR) is 397 cm³/mol. The summed E-state index contributed by atoms with van der Waals surface area (Å²) in [5.41, 5.74) is -4.00. The maximum Gasteiger partial charge on any atom is 0.261 e. The molecule has 33 heteroatoms. The molecule has 5 N–H and O–H groups in total. The van der Waals surface area contributed by atoms with Gasteiger partial charge in [0.1, 0.15) is 53.9 Å². The van der Waals surface area contributed by atoms with Gasteiger partial charge in [-0.1, -0.05) is 177 Å². The van der Waals surface area contributed by atoms with Gasteiger partial charge in [-0.05, 0) is 74.2 Å². The quantitative estimate of drug-likeness (QED) is 0.0208. The molecule has 4 aromatic carbocycles. The SMILES string of the molecule is CC[C@]12O[CH-][C@H](O[C@@H]1COC)[C@@H]2O.COC[C@@H]1O[C@H]2[CH-]O[C@]1(CO[Si](c1ccccc1)(c1ccccc1)C(C)(C)C)[C@H]2O.COC[C@H]1O[C@H]2[CH-]O[C@]1(CO)[C@H]2O.COC[C@H]1O[C@H]2[CH-]O[C@]1(CO[Si](c1ccccc1)(c1ccccc1)C(C)(C)C)[C@H]2O.[C-]#[N+]CCOP(C)O[C@H]1[C@@H]2[CH-]O[C@@]1(CC)[C@@H](COC)O2.[U].[U].[U].[U].[U]. The zero-order valence-corrected chi connectivity index (χ0v) is 89.7. The second-order valence-electron chi connectivity index (χ2n) is 30.0. The van der Waals surface area contributed by atoms with Crippen molar-refractivity contribution in [3.8, 4) is 0 Å². The molecule has 4 aromatic rings. The molecule has 10 heterocycles. The van der Waals surface area contributed by atoms with Crippen LogP contribution in [0, 0.1) is 195 Å². The average Bonchev–Trinajstić information content (AvgIpc) is 1.35. The summed E-state index contributed by atoms with van der Waals surface area (Å²) in [6.45, 7) is 36.8. The fourth-order valence-electron chi connectivity index (χ4n) is 16.3. The monoisotopic (exact) mass is 2720 g/mol. The number of ether oxygens (including phenoxy) is 15. The molecule has 0 saturated carbocycles. The molecule has 1 unspecified atom stereocenters. The maximum atomic E-state index is 10.9. The van der Waals surface area contributed by atoms with Gasteiger partial charge >= 0.3 is 0 Å². The number of aliphatic hydroxyl groups excluding tert-OH is 5. The molecule has 0 aromatic heterocycles. The van der Waals surface area contributed by atoms with Crippen molar-refractivity contribution in [3.63, 3.8) is 0 Å². The molecule has 25 nitrogen and oxygen atoms in total. The Morgan fingerprint density at radius 2 is 0.703 bits per heavy atom. The Morgan fingerprint density at radius 1 is 0.432 bits per heavy atom. The van der Waals surface area contributed by atoms with Crippen LogP contribution in [-0.4, -0.2) is 270 Å². The van der Waals surface area contributed by atoms with E-state index in [0.717, 1.165) is 12.8 Å². The van der Waals surface area contributed by atoms with Gasteiger partial charge in [0.25, 0.3) is 16.6 Å². The van der Waals surface area contributed by atoms with Crippen molar-refractivity contribution in [2.75, 3.05) is 108 Å². The van der Waals surface area contributed by atoms with E-state index in [1.807, 2.05) is 37.9 Å². The van der Waals surface area contributed by atoms with Crippen LogP contribution in [0.3, 0.4) is 0 Å². The minimum atomic E-state index is -2.75. The third-order valence-corrected chi connectivity index (χ3v) is 33.0. The van der Waals surface area contributed by atoms with Gasteiger partial charge < -0.3 is 119 Å². The summed E-state index contributed by atoms with van der Waals surface area (Å²) < 4.78 is 109. The summed E-state index contributed by atoms with van der Waals surface area (Å²) in [6, 6.07) is 41.8. The van der Waals surface area contributed by atoms with Crippen molar-refractivity contribution >= 4 is 45.8 Å². The molecule has 111 heavy (non-hydrogen) atoms. The zero-order valence-electron chi connectivity index (χ0n) is 66.0. The van der Waals surface area contributed by atoms with Gasteiger partial charge in [0.2, 0.25) is 6.54 Å².